The van der Waals surface area contributed by atoms with E-state index in [2.05, 4.69) is 26.2 Å². The quantitative estimate of drug-likeness (QED) is 0.706. The lowest BCUT2D eigenvalue weighted by Gasteiger charge is -2.24. The molecule has 9 nitrogen and oxygen atoms in total. The van der Waals surface area contributed by atoms with Crippen molar-refractivity contribution in [2.45, 2.75) is 18.9 Å². The van der Waals surface area contributed by atoms with Crippen molar-refractivity contribution in [3.05, 3.63) is 60.7 Å². The van der Waals surface area contributed by atoms with Crippen molar-refractivity contribution >= 4 is 23.3 Å². The van der Waals surface area contributed by atoms with Gasteiger partial charge in [0.15, 0.2) is 0 Å². The van der Waals surface area contributed by atoms with Crippen LogP contribution in [-0.4, -0.2) is 49.6 Å². The Morgan fingerprint density at radius 3 is 2.62 bits per heavy atom. The van der Waals surface area contributed by atoms with Gasteiger partial charge in [0.25, 0.3) is 0 Å². The summed E-state index contributed by atoms with van der Waals surface area (Å²) in [5, 5.41) is 16.4. The molecule has 0 saturated carbocycles. The van der Waals surface area contributed by atoms with Crippen molar-refractivity contribution in [2.24, 2.45) is 0 Å². The third-order valence-electron chi connectivity index (χ3n) is 4.64. The molecule has 2 heterocycles. The summed E-state index contributed by atoms with van der Waals surface area (Å²) in [6.45, 7) is 0.456. The smallest absolute Gasteiger partial charge is 0.322 e. The average molecular weight is 395 g/mol. The second-order valence-corrected chi connectivity index (χ2v) is 6.58. The minimum atomic E-state index is -0.595. The highest BCUT2D eigenvalue weighted by Gasteiger charge is 2.34. The molecule has 29 heavy (non-hydrogen) atoms. The van der Waals surface area contributed by atoms with Crippen LogP contribution in [0.2, 0.25) is 0 Å². The van der Waals surface area contributed by atoms with Crippen LogP contribution in [0.4, 0.5) is 20.6 Å². The molecule has 0 aliphatic carbocycles. The lowest BCUT2D eigenvalue weighted by Crippen LogP contribution is -2.45. The Labute approximate surface area is 165 Å². The summed E-state index contributed by atoms with van der Waals surface area (Å²) < 4.78 is 14.8. The SMILES string of the molecule is O=C(Nc1ccc(-n2cnnn2)cc1)[C@@H]1CCCN1C(=O)Nc1cccc(F)c1. The highest BCUT2D eigenvalue weighted by Crippen LogP contribution is 2.21. The number of carbonyl (C=O) groups is 2. The third kappa shape index (κ3) is 4.21. The molecule has 0 unspecified atom stereocenters. The Kier molecular flexibility index (Phi) is 5.14. The summed E-state index contributed by atoms with van der Waals surface area (Å²) in [5.41, 5.74) is 1.70. The molecule has 0 spiro atoms. The number of nitrogens with one attached hydrogen (secondary N) is 2. The summed E-state index contributed by atoms with van der Waals surface area (Å²) in [4.78, 5) is 26.7. The molecule has 1 atom stereocenters. The van der Waals surface area contributed by atoms with Crippen LogP contribution in [0.1, 0.15) is 12.8 Å². The van der Waals surface area contributed by atoms with E-state index in [9.17, 15) is 14.0 Å². The van der Waals surface area contributed by atoms with Crippen LogP contribution in [0.25, 0.3) is 5.69 Å². The van der Waals surface area contributed by atoms with E-state index in [0.29, 0.717) is 30.8 Å². The van der Waals surface area contributed by atoms with E-state index in [1.807, 2.05) is 0 Å². The Morgan fingerprint density at radius 2 is 1.90 bits per heavy atom. The van der Waals surface area contributed by atoms with Crippen molar-refractivity contribution in [3.63, 3.8) is 0 Å². The van der Waals surface area contributed by atoms with Gasteiger partial charge in [-0.15, -0.1) is 5.10 Å². The van der Waals surface area contributed by atoms with Gasteiger partial charge < -0.3 is 15.5 Å². The molecular weight excluding hydrogens is 377 g/mol. The number of likely N-dealkylation sites (tertiary alicyclic amines) is 1. The molecular formula is C19H18FN7O2. The number of rotatable bonds is 4. The number of amides is 3. The Balaban J connectivity index is 1.40. The fourth-order valence-electron chi connectivity index (χ4n) is 3.25. The third-order valence-corrected chi connectivity index (χ3v) is 4.64. The number of anilines is 2. The summed E-state index contributed by atoms with van der Waals surface area (Å²) in [5.74, 6) is -0.712. The first kappa shape index (κ1) is 18.5. The van der Waals surface area contributed by atoms with E-state index in [4.69, 9.17) is 0 Å². The standard InChI is InChI=1S/C19H18FN7O2/c20-13-3-1-4-15(11-13)23-19(29)26-10-2-5-17(26)18(28)22-14-6-8-16(9-7-14)27-12-21-24-25-27/h1,3-4,6-9,11-12,17H,2,5,10H2,(H,22,28)(H,23,29)/t17-/m0/s1. The molecule has 1 aliphatic rings. The van der Waals surface area contributed by atoms with Gasteiger partial charge in [-0.2, -0.15) is 0 Å². The maximum atomic E-state index is 13.3. The summed E-state index contributed by atoms with van der Waals surface area (Å²) in [7, 11) is 0. The molecule has 0 bridgehead atoms. The molecule has 1 aliphatic heterocycles. The van der Waals surface area contributed by atoms with Gasteiger partial charge in [-0.1, -0.05) is 6.07 Å². The number of carbonyl (C=O) groups excluding carboxylic acids is 2. The highest BCUT2D eigenvalue weighted by atomic mass is 19.1. The Bertz CT molecular complexity index is 1010. The zero-order chi connectivity index (χ0) is 20.2. The highest BCUT2D eigenvalue weighted by molar-refractivity contribution is 5.99. The number of aromatic nitrogens is 4. The molecule has 1 aromatic heterocycles. The van der Waals surface area contributed by atoms with E-state index < -0.39 is 17.9 Å². The van der Waals surface area contributed by atoms with Gasteiger partial charge in [-0.3, -0.25) is 4.79 Å². The molecule has 10 heteroatoms. The molecule has 148 valence electrons. The van der Waals surface area contributed by atoms with Gasteiger partial charge >= 0.3 is 6.03 Å². The van der Waals surface area contributed by atoms with Crippen molar-refractivity contribution < 1.29 is 14.0 Å². The van der Waals surface area contributed by atoms with Crippen molar-refractivity contribution in [1.29, 1.82) is 0 Å². The van der Waals surface area contributed by atoms with Crippen molar-refractivity contribution in [1.82, 2.24) is 25.1 Å². The van der Waals surface area contributed by atoms with E-state index in [0.717, 1.165) is 5.69 Å². The maximum Gasteiger partial charge on any atom is 0.322 e. The summed E-state index contributed by atoms with van der Waals surface area (Å²) in [6, 6.07) is 11.6. The molecule has 2 aromatic carbocycles. The van der Waals surface area contributed by atoms with Gasteiger partial charge in [0.1, 0.15) is 18.2 Å². The number of hydrogen-bond donors (Lipinski definition) is 2. The first-order valence-corrected chi connectivity index (χ1v) is 9.07. The fraction of sp³-hybridized carbons (Fsp3) is 0.211. The second-order valence-electron chi connectivity index (χ2n) is 6.58. The zero-order valence-corrected chi connectivity index (χ0v) is 15.3. The predicted molar refractivity (Wildman–Crippen MR) is 103 cm³/mol. The van der Waals surface area contributed by atoms with Crippen LogP contribution in [0, 0.1) is 5.82 Å². The summed E-state index contributed by atoms with van der Waals surface area (Å²) >= 11 is 0. The molecule has 1 saturated heterocycles. The van der Waals surface area contributed by atoms with E-state index in [1.54, 1.807) is 30.3 Å². The lowest BCUT2D eigenvalue weighted by molar-refractivity contribution is -0.119. The topological polar surface area (TPSA) is 105 Å². The molecule has 2 N–H and O–H groups in total. The number of halogens is 1. The monoisotopic (exact) mass is 395 g/mol. The minimum Gasteiger partial charge on any atom is -0.324 e. The largest absolute Gasteiger partial charge is 0.324 e. The van der Waals surface area contributed by atoms with E-state index in [-0.39, 0.29) is 5.91 Å². The first-order chi connectivity index (χ1) is 14.1. The van der Waals surface area contributed by atoms with E-state index in [1.165, 1.54) is 34.1 Å². The van der Waals surface area contributed by atoms with Crippen LogP contribution in [0.5, 0.6) is 0 Å². The molecule has 0 radical (unpaired) electrons. The van der Waals surface area contributed by atoms with Crippen LogP contribution in [0.3, 0.4) is 0 Å². The van der Waals surface area contributed by atoms with Crippen molar-refractivity contribution in [3.8, 4) is 5.69 Å². The Morgan fingerprint density at radius 1 is 1.07 bits per heavy atom. The number of hydrogen-bond acceptors (Lipinski definition) is 5. The maximum absolute atomic E-state index is 13.3. The molecule has 4 rings (SSSR count). The predicted octanol–water partition coefficient (Wildman–Crippen LogP) is 2.44. The van der Waals surface area contributed by atoms with Crippen LogP contribution < -0.4 is 10.6 Å². The summed E-state index contributed by atoms with van der Waals surface area (Å²) in [6.07, 6.45) is 2.75. The fourth-order valence-corrected chi connectivity index (χ4v) is 3.25. The lowest BCUT2D eigenvalue weighted by atomic mass is 10.2. The van der Waals surface area contributed by atoms with Crippen LogP contribution in [-0.2, 0) is 4.79 Å². The van der Waals surface area contributed by atoms with Crippen molar-refractivity contribution in [2.75, 3.05) is 17.2 Å². The van der Waals surface area contributed by atoms with E-state index >= 15 is 0 Å². The van der Waals surface area contributed by atoms with Gasteiger partial charge in [-0.05, 0) is 65.7 Å². The van der Waals surface area contributed by atoms with Gasteiger partial charge in [0.2, 0.25) is 5.91 Å². The number of tetrazole rings is 1. The van der Waals surface area contributed by atoms with Gasteiger partial charge in [0, 0.05) is 17.9 Å². The number of nitrogens with zero attached hydrogens (tertiary/aromatic N) is 5. The average Bonchev–Trinajstić information content (AvgIpc) is 3.41. The normalized spacial score (nSPS) is 15.9. The van der Waals surface area contributed by atoms with Crippen LogP contribution in [0.15, 0.2) is 54.9 Å². The molecule has 3 amide bonds. The Hall–Kier alpha value is -3.82. The molecule has 1 fully saturated rings. The van der Waals surface area contributed by atoms with Gasteiger partial charge in [-0.25, -0.2) is 13.9 Å². The number of benzene rings is 2. The first-order valence-electron chi connectivity index (χ1n) is 9.07. The second kappa shape index (κ2) is 8.05. The van der Waals surface area contributed by atoms with Gasteiger partial charge in [0.05, 0.1) is 5.69 Å². The van der Waals surface area contributed by atoms with Crippen LogP contribution >= 0.6 is 0 Å². The molecule has 3 aromatic rings. The zero-order valence-electron chi connectivity index (χ0n) is 15.3. The minimum absolute atomic E-state index is 0.271. The number of urea groups is 1.